The third-order valence-electron chi connectivity index (χ3n) is 6.41. The molecule has 0 aliphatic carbocycles. The number of benzene rings is 1. The maximum Gasteiger partial charge on any atom is 0.363 e. The van der Waals surface area contributed by atoms with Gasteiger partial charge in [-0.1, -0.05) is 134 Å². The Balaban J connectivity index is 1.41. The Bertz CT molecular complexity index is 763. The molecule has 0 fully saturated rings. The van der Waals surface area contributed by atoms with Gasteiger partial charge in [-0.25, -0.2) is 9.78 Å². The van der Waals surface area contributed by atoms with Crippen LogP contribution < -0.4 is 4.57 Å². The first-order valence-corrected chi connectivity index (χ1v) is 13.9. The molecule has 2 rings (SSSR count). The predicted molar refractivity (Wildman–Crippen MR) is 140 cm³/mol. The van der Waals surface area contributed by atoms with Gasteiger partial charge in [0.15, 0.2) is 12.7 Å². The normalized spacial score (nSPS) is 11.0. The van der Waals surface area contributed by atoms with E-state index in [1.807, 2.05) is 29.0 Å². The number of ether oxygens (including phenoxy) is 1. The molecule has 34 heavy (non-hydrogen) atoms. The summed E-state index contributed by atoms with van der Waals surface area (Å²) in [6.07, 6.45) is 26.7. The zero-order valence-corrected chi connectivity index (χ0v) is 21.6. The van der Waals surface area contributed by atoms with Crippen LogP contribution in [0.4, 0.5) is 0 Å². The van der Waals surface area contributed by atoms with Crippen molar-refractivity contribution in [2.24, 2.45) is 0 Å². The molecule has 0 aliphatic rings. The van der Waals surface area contributed by atoms with Gasteiger partial charge >= 0.3 is 5.97 Å². The van der Waals surface area contributed by atoms with E-state index in [9.17, 15) is 4.79 Å². The van der Waals surface area contributed by atoms with E-state index in [2.05, 4.69) is 24.0 Å². The highest BCUT2D eigenvalue weighted by molar-refractivity contribution is 5.86. The van der Waals surface area contributed by atoms with Gasteiger partial charge < -0.3 is 4.74 Å². The second kappa shape index (κ2) is 19.1. The standard InChI is InChI=1S/C30H47N2O2/c1-2-3-4-5-6-7-8-9-10-11-12-13-14-15-16-20-25-34-30(33)29-27-32(24-23-31-29)26-28-21-18-17-19-22-28/h17-19,21-24,27H,2-16,20,25-26H2,1H3/q+1. The molecular formula is C30H47N2O2+. The van der Waals surface area contributed by atoms with Crippen molar-refractivity contribution in [1.29, 1.82) is 0 Å². The molecule has 0 amide bonds. The molecule has 0 unspecified atom stereocenters. The lowest BCUT2D eigenvalue weighted by molar-refractivity contribution is -0.689. The SMILES string of the molecule is CCCCCCCCCCCCCCCCCCOC(=O)c1c[n+](Cc2ccccc2)ccn1. The topological polar surface area (TPSA) is 43.1 Å². The van der Waals surface area contributed by atoms with Gasteiger partial charge in [0.25, 0.3) is 0 Å². The summed E-state index contributed by atoms with van der Waals surface area (Å²) in [5.41, 5.74) is 1.56. The van der Waals surface area contributed by atoms with Crippen molar-refractivity contribution in [3.05, 3.63) is 60.2 Å². The zero-order valence-electron chi connectivity index (χ0n) is 21.6. The minimum Gasteiger partial charge on any atom is -0.461 e. The lowest BCUT2D eigenvalue weighted by atomic mass is 10.0. The van der Waals surface area contributed by atoms with Gasteiger partial charge in [-0.15, -0.1) is 0 Å². The molecule has 0 N–H and O–H groups in total. The molecule has 0 saturated carbocycles. The fourth-order valence-electron chi connectivity index (χ4n) is 4.32. The number of hydrogen-bond acceptors (Lipinski definition) is 3. The van der Waals surface area contributed by atoms with E-state index in [4.69, 9.17) is 4.74 Å². The molecule has 0 spiro atoms. The maximum atomic E-state index is 12.3. The molecule has 1 aromatic carbocycles. The lowest BCUT2D eigenvalue weighted by Crippen LogP contribution is -2.35. The van der Waals surface area contributed by atoms with Gasteiger partial charge in [0.1, 0.15) is 0 Å². The molecule has 0 radical (unpaired) electrons. The third-order valence-corrected chi connectivity index (χ3v) is 6.41. The highest BCUT2D eigenvalue weighted by atomic mass is 16.5. The Morgan fingerprint density at radius 2 is 1.29 bits per heavy atom. The van der Waals surface area contributed by atoms with Crippen LogP contribution in [-0.2, 0) is 11.3 Å². The van der Waals surface area contributed by atoms with E-state index < -0.39 is 0 Å². The van der Waals surface area contributed by atoms with Gasteiger partial charge in [-0.3, -0.25) is 0 Å². The van der Waals surface area contributed by atoms with Gasteiger partial charge in [0.2, 0.25) is 11.9 Å². The second-order valence-electron chi connectivity index (χ2n) is 9.54. The fourth-order valence-corrected chi connectivity index (χ4v) is 4.32. The largest absolute Gasteiger partial charge is 0.461 e. The zero-order chi connectivity index (χ0) is 24.1. The van der Waals surface area contributed by atoms with Gasteiger partial charge in [-0.05, 0) is 6.42 Å². The van der Waals surface area contributed by atoms with Crippen LogP contribution in [0.1, 0.15) is 126 Å². The summed E-state index contributed by atoms with van der Waals surface area (Å²) in [5, 5.41) is 0. The van der Waals surface area contributed by atoms with E-state index in [0.29, 0.717) is 18.8 Å². The Morgan fingerprint density at radius 3 is 1.85 bits per heavy atom. The van der Waals surface area contributed by atoms with Crippen LogP contribution in [0.15, 0.2) is 48.9 Å². The molecule has 4 heteroatoms. The number of rotatable bonds is 20. The number of carbonyl (C=O) groups is 1. The quantitative estimate of drug-likeness (QED) is 0.113. The maximum absolute atomic E-state index is 12.3. The Hall–Kier alpha value is -2.23. The average Bonchev–Trinajstić information content (AvgIpc) is 2.86. The first kappa shape index (κ1) is 28.0. The second-order valence-corrected chi connectivity index (χ2v) is 9.54. The predicted octanol–water partition coefficient (Wildman–Crippen LogP) is 7.84. The summed E-state index contributed by atoms with van der Waals surface area (Å²) in [5.74, 6) is -0.330. The van der Waals surface area contributed by atoms with Gasteiger partial charge in [-0.2, -0.15) is 4.57 Å². The van der Waals surface area contributed by atoms with Crippen LogP contribution in [0.5, 0.6) is 0 Å². The van der Waals surface area contributed by atoms with E-state index >= 15 is 0 Å². The molecule has 0 saturated heterocycles. The van der Waals surface area contributed by atoms with Gasteiger partial charge in [0.05, 0.1) is 12.8 Å². The van der Waals surface area contributed by atoms with Gasteiger partial charge in [0, 0.05) is 5.56 Å². The van der Waals surface area contributed by atoms with Crippen LogP contribution >= 0.6 is 0 Å². The Morgan fingerprint density at radius 1 is 0.765 bits per heavy atom. The summed E-state index contributed by atoms with van der Waals surface area (Å²) in [4.78, 5) is 16.5. The summed E-state index contributed by atoms with van der Waals surface area (Å²) >= 11 is 0. The number of aromatic nitrogens is 2. The molecule has 0 atom stereocenters. The number of esters is 1. The first-order chi connectivity index (χ1) is 16.8. The number of hydrogen-bond donors (Lipinski definition) is 0. The van der Waals surface area contributed by atoms with E-state index in [1.165, 1.54) is 95.5 Å². The smallest absolute Gasteiger partial charge is 0.363 e. The number of carbonyl (C=O) groups excluding carboxylic acids is 1. The van der Waals surface area contributed by atoms with Crippen molar-refractivity contribution in [2.75, 3.05) is 6.61 Å². The van der Waals surface area contributed by atoms with E-state index in [-0.39, 0.29) is 5.97 Å². The van der Waals surface area contributed by atoms with Crippen molar-refractivity contribution >= 4 is 5.97 Å². The third kappa shape index (κ3) is 13.5. The monoisotopic (exact) mass is 467 g/mol. The molecule has 0 bridgehead atoms. The first-order valence-electron chi connectivity index (χ1n) is 13.9. The number of nitrogens with zero attached hydrogens (tertiary/aromatic N) is 2. The summed E-state index contributed by atoms with van der Waals surface area (Å²) < 4.78 is 7.40. The van der Waals surface area contributed by atoms with Crippen molar-refractivity contribution in [1.82, 2.24) is 4.98 Å². The minimum atomic E-state index is -0.330. The Labute approximate surface area is 208 Å². The molecule has 0 aliphatic heterocycles. The minimum absolute atomic E-state index is 0.330. The molecule has 2 aromatic rings. The number of unbranched alkanes of at least 4 members (excludes halogenated alkanes) is 15. The fraction of sp³-hybridized carbons (Fsp3) is 0.633. The summed E-state index contributed by atoms with van der Waals surface area (Å²) in [6, 6.07) is 10.2. The van der Waals surface area contributed by atoms with Crippen LogP contribution in [0.25, 0.3) is 0 Å². The van der Waals surface area contributed by atoms with Crippen molar-refractivity contribution in [3.63, 3.8) is 0 Å². The summed E-state index contributed by atoms with van der Waals surface area (Å²) in [7, 11) is 0. The van der Waals surface area contributed by atoms with Crippen molar-refractivity contribution < 1.29 is 14.1 Å². The van der Waals surface area contributed by atoms with E-state index in [0.717, 1.165) is 12.8 Å². The molecule has 1 heterocycles. The average molecular weight is 468 g/mol. The molecule has 4 nitrogen and oxygen atoms in total. The van der Waals surface area contributed by atoms with Crippen LogP contribution in [0.3, 0.4) is 0 Å². The van der Waals surface area contributed by atoms with E-state index in [1.54, 1.807) is 12.4 Å². The highest BCUT2D eigenvalue weighted by Gasteiger charge is 2.14. The summed E-state index contributed by atoms with van der Waals surface area (Å²) in [6.45, 7) is 3.47. The molecule has 1 aromatic heterocycles. The Kier molecular flexibility index (Phi) is 15.7. The van der Waals surface area contributed by atoms with Crippen molar-refractivity contribution in [2.45, 2.75) is 116 Å². The van der Waals surface area contributed by atoms with Crippen molar-refractivity contribution in [3.8, 4) is 0 Å². The molecule has 188 valence electrons. The highest BCUT2D eigenvalue weighted by Crippen LogP contribution is 2.13. The van der Waals surface area contributed by atoms with Crippen LogP contribution in [0.2, 0.25) is 0 Å². The van der Waals surface area contributed by atoms with Crippen LogP contribution in [0, 0.1) is 0 Å². The molecular weight excluding hydrogens is 420 g/mol. The van der Waals surface area contributed by atoms with Crippen LogP contribution in [-0.4, -0.2) is 17.6 Å². The lowest BCUT2D eigenvalue weighted by Gasteiger charge is -2.05.